The van der Waals surface area contributed by atoms with Crippen LogP contribution in [0.25, 0.3) is 0 Å². The Morgan fingerprint density at radius 1 is 1.44 bits per heavy atom. The summed E-state index contributed by atoms with van der Waals surface area (Å²) in [6, 6.07) is 7.65. The number of hydrogen-bond donors (Lipinski definition) is 1. The Morgan fingerprint density at radius 3 is 2.62 bits per heavy atom. The predicted octanol–water partition coefficient (Wildman–Crippen LogP) is 2.68. The van der Waals surface area contributed by atoms with Gasteiger partial charge in [-0.15, -0.1) is 0 Å². The third kappa shape index (κ3) is 3.95. The summed E-state index contributed by atoms with van der Waals surface area (Å²) >= 11 is 5.79. The summed E-state index contributed by atoms with van der Waals surface area (Å²) in [5.74, 6) is -0.379. The molecule has 1 aromatic carbocycles. The Labute approximate surface area is 100 Å². The third-order valence-corrected chi connectivity index (χ3v) is 2.39. The van der Waals surface area contributed by atoms with E-state index in [9.17, 15) is 4.79 Å². The van der Waals surface area contributed by atoms with Crippen LogP contribution in [-0.4, -0.2) is 13.1 Å². The van der Waals surface area contributed by atoms with Gasteiger partial charge in [0.1, 0.15) is 0 Å². The minimum atomic E-state index is -0.379. The number of carbonyl (C=O) groups is 1. The second-order valence-corrected chi connectivity index (χ2v) is 3.73. The van der Waals surface area contributed by atoms with E-state index in [1.807, 2.05) is 31.2 Å². The van der Waals surface area contributed by atoms with Crippen LogP contribution in [0.5, 0.6) is 0 Å². The van der Waals surface area contributed by atoms with Gasteiger partial charge in [0.2, 0.25) is 0 Å². The summed E-state index contributed by atoms with van der Waals surface area (Å²) < 4.78 is 4.47. The normalized spacial score (nSPS) is 12.4. The lowest BCUT2D eigenvalue weighted by Crippen LogP contribution is -2.12. The maximum absolute atomic E-state index is 10.8. The fraction of sp³-hybridized carbons (Fsp3) is 0.250. The summed E-state index contributed by atoms with van der Waals surface area (Å²) in [7, 11) is 1.34. The fourth-order valence-corrected chi connectivity index (χ4v) is 1.30. The molecule has 1 aromatic rings. The molecule has 1 unspecified atom stereocenters. The van der Waals surface area contributed by atoms with Crippen molar-refractivity contribution < 1.29 is 9.53 Å². The first-order valence-corrected chi connectivity index (χ1v) is 5.27. The van der Waals surface area contributed by atoms with Crippen molar-refractivity contribution in [2.45, 2.75) is 13.0 Å². The van der Waals surface area contributed by atoms with E-state index in [0.717, 1.165) is 5.56 Å². The summed E-state index contributed by atoms with van der Waals surface area (Å²) in [6.45, 7) is 1.99. The molecule has 0 radical (unpaired) electrons. The number of esters is 1. The molecule has 0 saturated carbocycles. The fourth-order valence-electron chi connectivity index (χ4n) is 1.18. The summed E-state index contributed by atoms with van der Waals surface area (Å²) in [5, 5.41) is 3.77. The molecule has 1 atom stereocenters. The number of nitrogens with one attached hydrogen (secondary N) is 1. The first-order valence-electron chi connectivity index (χ1n) is 4.89. The Bertz CT molecular complexity index is 373. The van der Waals surface area contributed by atoms with E-state index in [-0.39, 0.29) is 12.0 Å². The van der Waals surface area contributed by atoms with Crippen molar-refractivity contribution in [3.63, 3.8) is 0 Å². The summed E-state index contributed by atoms with van der Waals surface area (Å²) in [6.07, 6.45) is 2.91. The minimum Gasteiger partial charge on any atom is -0.466 e. The zero-order chi connectivity index (χ0) is 12.0. The van der Waals surface area contributed by atoms with Gasteiger partial charge in [-0.1, -0.05) is 23.7 Å². The third-order valence-electron chi connectivity index (χ3n) is 2.14. The van der Waals surface area contributed by atoms with Gasteiger partial charge in [0.25, 0.3) is 0 Å². The molecule has 1 rings (SSSR count). The predicted molar refractivity (Wildman–Crippen MR) is 64.2 cm³/mol. The van der Waals surface area contributed by atoms with Crippen molar-refractivity contribution in [1.29, 1.82) is 0 Å². The first kappa shape index (κ1) is 12.6. The number of hydrogen-bond acceptors (Lipinski definition) is 3. The minimum absolute atomic E-state index is 0.109. The van der Waals surface area contributed by atoms with Crippen LogP contribution >= 0.6 is 11.6 Å². The van der Waals surface area contributed by atoms with Crippen molar-refractivity contribution in [3.05, 3.63) is 47.1 Å². The average Bonchev–Trinajstić information content (AvgIpc) is 2.29. The number of methoxy groups -OCH3 is 1. The molecule has 1 N–H and O–H groups in total. The van der Waals surface area contributed by atoms with E-state index in [1.165, 1.54) is 13.2 Å². The topological polar surface area (TPSA) is 38.3 Å². The molecule has 0 heterocycles. The molecule has 0 aliphatic rings. The Kier molecular flexibility index (Phi) is 4.86. The van der Waals surface area contributed by atoms with Crippen molar-refractivity contribution >= 4 is 17.6 Å². The lowest BCUT2D eigenvalue weighted by atomic mass is 10.1. The molecule has 4 heteroatoms. The van der Waals surface area contributed by atoms with Gasteiger partial charge in [-0.25, -0.2) is 4.79 Å². The van der Waals surface area contributed by atoms with Crippen LogP contribution in [0, 0.1) is 0 Å². The van der Waals surface area contributed by atoms with Gasteiger partial charge < -0.3 is 10.1 Å². The molecular formula is C12H14ClNO2. The van der Waals surface area contributed by atoms with Crippen LogP contribution in [0.15, 0.2) is 36.5 Å². The molecule has 0 spiro atoms. The van der Waals surface area contributed by atoms with Gasteiger partial charge in [0.15, 0.2) is 0 Å². The SMILES string of the molecule is COC(=O)/C=C/NC(C)c1ccc(Cl)cc1. The molecule has 0 saturated heterocycles. The van der Waals surface area contributed by atoms with E-state index in [0.29, 0.717) is 5.02 Å². The van der Waals surface area contributed by atoms with Crippen LogP contribution in [0.2, 0.25) is 5.02 Å². The molecule has 0 aliphatic carbocycles. The van der Waals surface area contributed by atoms with Crippen molar-refractivity contribution in [2.24, 2.45) is 0 Å². The van der Waals surface area contributed by atoms with Crippen LogP contribution in [0.1, 0.15) is 18.5 Å². The highest BCUT2D eigenvalue weighted by molar-refractivity contribution is 6.30. The maximum Gasteiger partial charge on any atom is 0.331 e. The van der Waals surface area contributed by atoms with Crippen molar-refractivity contribution in [3.8, 4) is 0 Å². The second-order valence-electron chi connectivity index (χ2n) is 3.30. The Balaban J connectivity index is 2.52. The highest BCUT2D eigenvalue weighted by Crippen LogP contribution is 2.15. The lowest BCUT2D eigenvalue weighted by molar-refractivity contribution is -0.134. The van der Waals surface area contributed by atoms with E-state index in [4.69, 9.17) is 11.6 Å². The molecular weight excluding hydrogens is 226 g/mol. The number of benzene rings is 1. The van der Waals surface area contributed by atoms with Gasteiger partial charge in [0.05, 0.1) is 7.11 Å². The smallest absolute Gasteiger partial charge is 0.331 e. The van der Waals surface area contributed by atoms with Crippen LogP contribution in [0.3, 0.4) is 0 Å². The number of carbonyl (C=O) groups excluding carboxylic acids is 1. The zero-order valence-corrected chi connectivity index (χ0v) is 9.99. The molecule has 3 nitrogen and oxygen atoms in total. The Morgan fingerprint density at radius 2 is 2.06 bits per heavy atom. The van der Waals surface area contributed by atoms with E-state index in [2.05, 4.69) is 10.1 Å². The molecule has 86 valence electrons. The Hall–Kier alpha value is -1.48. The van der Waals surface area contributed by atoms with Crippen LogP contribution < -0.4 is 5.32 Å². The van der Waals surface area contributed by atoms with E-state index >= 15 is 0 Å². The summed E-state index contributed by atoms with van der Waals surface area (Å²) in [4.78, 5) is 10.8. The summed E-state index contributed by atoms with van der Waals surface area (Å²) in [5.41, 5.74) is 1.10. The zero-order valence-electron chi connectivity index (χ0n) is 9.24. The number of halogens is 1. The average molecular weight is 240 g/mol. The molecule has 0 fully saturated rings. The van der Waals surface area contributed by atoms with Crippen LogP contribution in [-0.2, 0) is 9.53 Å². The monoisotopic (exact) mass is 239 g/mol. The quantitative estimate of drug-likeness (QED) is 0.649. The van der Waals surface area contributed by atoms with E-state index in [1.54, 1.807) is 6.20 Å². The van der Waals surface area contributed by atoms with E-state index < -0.39 is 0 Å². The number of ether oxygens (including phenoxy) is 1. The van der Waals surface area contributed by atoms with Gasteiger partial charge in [-0.3, -0.25) is 0 Å². The van der Waals surface area contributed by atoms with Gasteiger partial charge in [0, 0.05) is 23.3 Å². The first-order chi connectivity index (χ1) is 7.63. The second kappa shape index (κ2) is 6.18. The highest BCUT2D eigenvalue weighted by atomic mass is 35.5. The molecule has 0 bridgehead atoms. The number of rotatable bonds is 4. The highest BCUT2D eigenvalue weighted by Gasteiger charge is 2.02. The molecule has 0 aromatic heterocycles. The standard InChI is InChI=1S/C12H14ClNO2/c1-9(14-8-7-12(15)16-2)10-3-5-11(13)6-4-10/h3-9,14H,1-2H3/b8-7+. The van der Waals surface area contributed by atoms with Gasteiger partial charge in [-0.2, -0.15) is 0 Å². The molecule has 0 aliphatic heterocycles. The lowest BCUT2D eigenvalue weighted by Gasteiger charge is -2.11. The van der Waals surface area contributed by atoms with Gasteiger partial charge in [-0.05, 0) is 24.6 Å². The maximum atomic E-state index is 10.8. The van der Waals surface area contributed by atoms with Crippen molar-refractivity contribution in [2.75, 3.05) is 7.11 Å². The molecule has 0 amide bonds. The largest absolute Gasteiger partial charge is 0.466 e. The van der Waals surface area contributed by atoms with Crippen molar-refractivity contribution in [1.82, 2.24) is 5.32 Å². The van der Waals surface area contributed by atoms with Gasteiger partial charge >= 0.3 is 5.97 Å². The molecule has 16 heavy (non-hydrogen) atoms. The van der Waals surface area contributed by atoms with Crippen LogP contribution in [0.4, 0.5) is 0 Å².